The fourth-order valence-corrected chi connectivity index (χ4v) is 3.57. The highest BCUT2D eigenvalue weighted by atomic mass is 35.5. The summed E-state index contributed by atoms with van der Waals surface area (Å²) >= 11 is 5.89. The highest BCUT2D eigenvalue weighted by molar-refractivity contribution is 6.30. The highest BCUT2D eigenvalue weighted by Crippen LogP contribution is 2.34. The molecular weight excluding hydrogens is 444 g/mol. The van der Waals surface area contributed by atoms with E-state index in [2.05, 4.69) is 5.32 Å². The number of nitrogens with zero attached hydrogens (tertiary/aromatic N) is 1. The lowest BCUT2D eigenvalue weighted by Gasteiger charge is -2.29. The van der Waals surface area contributed by atoms with Crippen LogP contribution in [0.3, 0.4) is 0 Å². The third-order valence-electron chi connectivity index (χ3n) is 5.11. The van der Waals surface area contributed by atoms with Crippen LogP contribution >= 0.6 is 11.6 Å². The fraction of sp³-hybridized carbons (Fsp3) is 0.200. The van der Waals surface area contributed by atoms with Crippen molar-refractivity contribution in [1.82, 2.24) is 0 Å². The van der Waals surface area contributed by atoms with Crippen molar-refractivity contribution >= 4 is 34.8 Å². The lowest BCUT2D eigenvalue weighted by atomic mass is 10.1. The standard InChI is InChI=1S/C25H23ClN2O5/c1-31-20-7-2-17(3-8-20)14-24(29)27-19-6-11-23-22(15-19)28(25(30)16-33-23)12-13-32-21-9-4-18(26)5-10-21/h2-11,15H,12-14,16H2,1H3,(H,27,29). The molecule has 3 aromatic rings. The van der Waals surface area contributed by atoms with Gasteiger partial charge in [0.25, 0.3) is 5.91 Å². The summed E-state index contributed by atoms with van der Waals surface area (Å²) in [6.07, 6.45) is 0.217. The van der Waals surface area contributed by atoms with Crippen molar-refractivity contribution in [2.75, 3.05) is 37.1 Å². The molecule has 1 aliphatic heterocycles. The van der Waals surface area contributed by atoms with Crippen LogP contribution in [0.1, 0.15) is 5.56 Å². The second-order valence-corrected chi connectivity index (χ2v) is 7.83. The molecule has 0 saturated carbocycles. The Morgan fingerprint density at radius 2 is 1.79 bits per heavy atom. The van der Waals surface area contributed by atoms with E-state index < -0.39 is 0 Å². The Balaban J connectivity index is 1.41. The Bertz CT molecular complexity index is 1130. The number of rotatable bonds is 8. The van der Waals surface area contributed by atoms with E-state index in [1.165, 1.54) is 0 Å². The number of nitrogens with one attached hydrogen (secondary N) is 1. The average Bonchev–Trinajstić information content (AvgIpc) is 2.82. The molecule has 1 N–H and O–H groups in total. The van der Waals surface area contributed by atoms with E-state index in [9.17, 15) is 9.59 Å². The predicted octanol–water partition coefficient (Wildman–Crippen LogP) is 4.33. The molecule has 7 nitrogen and oxygen atoms in total. The Labute approximate surface area is 196 Å². The molecule has 170 valence electrons. The number of methoxy groups -OCH3 is 1. The summed E-state index contributed by atoms with van der Waals surface area (Å²) in [5, 5.41) is 3.51. The maximum Gasteiger partial charge on any atom is 0.265 e. The van der Waals surface area contributed by atoms with Crippen LogP contribution in [-0.4, -0.2) is 38.7 Å². The normalized spacial score (nSPS) is 12.5. The first-order valence-electron chi connectivity index (χ1n) is 10.4. The van der Waals surface area contributed by atoms with E-state index >= 15 is 0 Å². The molecule has 0 unspecified atom stereocenters. The Hall–Kier alpha value is -3.71. The number of hydrogen-bond acceptors (Lipinski definition) is 5. The molecular formula is C25H23ClN2O5. The second kappa shape index (κ2) is 10.3. The van der Waals surface area contributed by atoms with Crippen LogP contribution < -0.4 is 24.4 Å². The first-order chi connectivity index (χ1) is 16.0. The van der Waals surface area contributed by atoms with Gasteiger partial charge in [-0.3, -0.25) is 9.59 Å². The monoisotopic (exact) mass is 466 g/mol. The van der Waals surface area contributed by atoms with E-state index in [0.29, 0.717) is 41.0 Å². The third kappa shape index (κ3) is 5.75. The van der Waals surface area contributed by atoms with Gasteiger partial charge in [-0.05, 0) is 60.2 Å². The molecule has 0 atom stereocenters. The molecule has 0 fully saturated rings. The first-order valence-corrected chi connectivity index (χ1v) is 10.8. The van der Waals surface area contributed by atoms with Gasteiger partial charge < -0.3 is 24.4 Å². The zero-order chi connectivity index (χ0) is 23.2. The molecule has 33 heavy (non-hydrogen) atoms. The van der Waals surface area contributed by atoms with E-state index in [0.717, 1.165) is 11.3 Å². The summed E-state index contributed by atoms with van der Waals surface area (Å²) in [5.74, 6) is 1.64. The molecule has 2 amide bonds. The van der Waals surface area contributed by atoms with Gasteiger partial charge in [0.2, 0.25) is 5.91 Å². The molecule has 0 spiro atoms. The van der Waals surface area contributed by atoms with Crippen molar-refractivity contribution in [3.8, 4) is 17.2 Å². The van der Waals surface area contributed by atoms with Gasteiger partial charge in [-0.15, -0.1) is 0 Å². The average molecular weight is 467 g/mol. The van der Waals surface area contributed by atoms with Crippen LogP contribution in [0, 0.1) is 0 Å². The number of anilines is 2. The van der Waals surface area contributed by atoms with Crippen molar-refractivity contribution < 1.29 is 23.8 Å². The van der Waals surface area contributed by atoms with E-state index in [1.807, 2.05) is 24.3 Å². The fourth-order valence-electron chi connectivity index (χ4n) is 3.44. The van der Waals surface area contributed by atoms with Gasteiger partial charge in [-0.2, -0.15) is 0 Å². The van der Waals surface area contributed by atoms with Crippen LogP contribution in [0.4, 0.5) is 11.4 Å². The quantitative estimate of drug-likeness (QED) is 0.534. The number of amides is 2. The zero-order valence-corrected chi connectivity index (χ0v) is 18.8. The summed E-state index contributed by atoms with van der Waals surface area (Å²) in [5.41, 5.74) is 2.04. The van der Waals surface area contributed by atoms with Crippen molar-refractivity contribution in [1.29, 1.82) is 0 Å². The minimum atomic E-state index is -0.177. The van der Waals surface area contributed by atoms with Crippen molar-refractivity contribution in [2.45, 2.75) is 6.42 Å². The molecule has 0 saturated heterocycles. The van der Waals surface area contributed by atoms with Gasteiger partial charge in [0.05, 0.1) is 25.8 Å². The van der Waals surface area contributed by atoms with Crippen molar-refractivity contribution in [2.24, 2.45) is 0 Å². The van der Waals surface area contributed by atoms with Crippen molar-refractivity contribution in [3.63, 3.8) is 0 Å². The van der Waals surface area contributed by atoms with E-state index in [4.69, 9.17) is 25.8 Å². The molecule has 1 heterocycles. The molecule has 0 radical (unpaired) electrons. The number of benzene rings is 3. The van der Waals surface area contributed by atoms with Crippen LogP contribution in [-0.2, 0) is 16.0 Å². The molecule has 1 aliphatic rings. The second-order valence-electron chi connectivity index (χ2n) is 7.39. The topological polar surface area (TPSA) is 77.1 Å². The molecule has 0 bridgehead atoms. The van der Waals surface area contributed by atoms with Crippen LogP contribution in [0.25, 0.3) is 0 Å². The maximum absolute atomic E-state index is 12.5. The van der Waals surface area contributed by atoms with Gasteiger partial charge in [0.15, 0.2) is 6.61 Å². The van der Waals surface area contributed by atoms with Crippen molar-refractivity contribution in [3.05, 3.63) is 77.3 Å². The molecule has 4 rings (SSSR count). The predicted molar refractivity (Wildman–Crippen MR) is 127 cm³/mol. The number of ether oxygens (including phenoxy) is 3. The summed E-state index contributed by atoms with van der Waals surface area (Å²) in [7, 11) is 1.60. The minimum Gasteiger partial charge on any atom is -0.497 e. The number of carbonyl (C=O) groups excluding carboxylic acids is 2. The SMILES string of the molecule is COc1ccc(CC(=O)Nc2ccc3c(c2)N(CCOc2ccc(Cl)cc2)C(=O)CO3)cc1. The Morgan fingerprint density at radius 3 is 2.52 bits per heavy atom. The highest BCUT2D eigenvalue weighted by Gasteiger charge is 2.26. The summed E-state index contributed by atoms with van der Waals surface area (Å²) < 4.78 is 16.4. The lowest BCUT2D eigenvalue weighted by molar-refractivity contribution is -0.121. The van der Waals surface area contributed by atoms with Crippen LogP contribution in [0.15, 0.2) is 66.7 Å². The maximum atomic E-state index is 12.5. The molecule has 0 aliphatic carbocycles. The Kier molecular flexibility index (Phi) is 7.00. The van der Waals surface area contributed by atoms with Gasteiger partial charge in [-0.1, -0.05) is 23.7 Å². The lowest BCUT2D eigenvalue weighted by Crippen LogP contribution is -2.41. The van der Waals surface area contributed by atoms with E-state index in [-0.39, 0.29) is 24.8 Å². The van der Waals surface area contributed by atoms with Gasteiger partial charge in [-0.25, -0.2) is 0 Å². The number of fused-ring (bicyclic) bond motifs is 1. The zero-order valence-electron chi connectivity index (χ0n) is 18.0. The summed E-state index contributed by atoms with van der Waals surface area (Å²) in [4.78, 5) is 26.6. The molecule has 0 aromatic heterocycles. The third-order valence-corrected chi connectivity index (χ3v) is 5.36. The first kappa shape index (κ1) is 22.5. The Morgan fingerprint density at radius 1 is 1.06 bits per heavy atom. The van der Waals surface area contributed by atoms with Gasteiger partial charge >= 0.3 is 0 Å². The van der Waals surface area contributed by atoms with E-state index in [1.54, 1.807) is 54.5 Å². The molecule has 8 heteroatoms. The molecule has 3 aromatic carbocycles. The minimum absolute atomic E-state index is 0.0445. The van der Waals surface area contributed by atoms with Crippen LogP contribution in [0.2, 0.25) is 5.02 Å². The van der Waals surface area contributed by atoms with Gasteiger partial charge in [0, 0.05) is 10.7 Å². The number of carbonyl (C=O) groups is 2. The largest absolute Gasteiger partial charge is 0.497 e. The number of hydrogen-bond donors (Lipinski definition) is 1. The number of halogens is 1. The smallest absolute Gasteiger partial charge is 0.265 e. The van der Waals surface area contributed by atoms with Crippen LogP contribution in [0.5, 0.6) is 17.2 Å². The summed E-state index contributed by atoms with van der Waals surface area (Å²) in [6.45, 7) is 0.582. The summed E-state index contributed by atoms with van der Waals surface area (Å²) in [6, 6.07) is 19.6. The van der Waals surface area contributed by atoms with Gasteiger partial charge in [0.1, 0.15) is 23.9 Å².